The average Bonchev–Trinajstić information content (AvgIpc) is 2.61. The van der Waals surface area contributed by atoms with Crippen molar-refractivity contribution in [1.29, 1.82) is 0 Å². The van der Waals surface area contributed by atoms with E-state index in [0.29, 0.717) is 5.56 Å². The van der Waals surface area contributed by atoms with Crippen molar-refractivity contribution in [3.05, 3.63) is 62.7 Å². The van der Waals surface area contributed by atoms with Crippen molar-refractivity contribution in [2.45, 2.75) is 13.5 Å². The van der Waals surface area contributed by atoms with Gasteiger partial charge in [0, 0.05) is 47.5 Å². The highest BCUT2D eigenvalue weighted by atomic mass is 127. The van der Waals surface area contributed by atoms with Gasteiger partial charge >= 0.3 is 0 Å². The summed E-state index contributed by atoms with van der Waals surface area (Å²) in [5, 5.41) is 2.97. The van der Waals surface area contributed by atoms with Crippen LogP contribution in [-0.4, -0.2) is 48.9 Å². The molecule has 0 aliphatic carbocycles. The SMILES string of the molecule is Cc1ccc(NC(=O)c2ccc(CN3CCN(C)CC3)cc2)cc1I. The number of carbonyl (C=O) groups is 1. The molecule has 1 aliphatic heterocycles. The predicted octanol–water partition coefficient (Wildman–Crippen LogP) is 3.60. The first-order valence-corrected chi connectivity index (χ1v) is 9.66. The molecule has 2 aromatic rings. The Morgan fingerprint density at radius 2 is 1.76 bits per heavy atom. The van der Waals surface area contributed by atoms with Crippen LogP contribution in [0.15, 0.2) is 42.5 Å². The topological polar surface area (TPSA) is 35.6 Å². The molecule has 3 rings (SSSR count). The molecule has 1 heterocycles. The quantitative estimate of drug-likeness (QED) is 0.725. The normalized spacial score (nSPS) is 16.0. The van der Waals surface area contributed by atoms with E-state index in [1.807, 2.05) is 30.3 Å². The number of halogens is 1. The molecule has 1 N–H and O–H groups in total. The Kier molecular flexibility index (Phi) is 6.09. The Morgan fingerprint density at radius 1 is 1.08 bits per heavy atom. The van der Waals surface area contributed by atoms with Crippen LogP contribution >= 0.6 is 22.6 Å². The highest BCUT2D eigenvalue weighted by Gasteiger charge is 2.14. The van der Waals surface area contributed by atoms with Crippen LogP contribution in [0.5, 0.6) is 0 Å². The first kappa shape index (κ1) is 18.4. The number of nitrogens with one attached hydrogen (secondary N) is 1. The van der Waals surface area contributed by atoms with Crippen molar-refractivity contribution in [3.63, 3.8) is 0 Å². The largest absolute Gasteiger partial charge is 0.322 e. The zero-order chi connectivity index (χ0) is 17.8. The Labute approximate surface area is 163 Å². The van der Waals surface area contributed by atoms with E-state index in [2.05, 4.69) is 63.8 Å². The molecule has 25 heavy (non-hydrogen) atoms. The predicted molar refractivity (Wildman–Crippen MR) is 111 cm³/mol. The summed E-state index contributed by atoms with van der Waals surface area (Å²) in [5.74, 6) is -0.0641. The van der Waals surface area contributed by atoms with E-state index < -0.39 is 0 Å². The molecule has 4 nitrogen and oxygen atoms in total. The molecule has 0 bridgehead atoms. The minimum atomic E-state index is -0.0641. The van der Waals surface area contributed by atoms with Gasteiger partial charge in [-0.1, -0.05) is 18.2 Å². The Balaban J connectivity index is 1.59. The summed E-state index contributed by atoms with van der Waals surface area (Å²) < 4.78 is 1.15. The van der Waals surface area contributed by atoms with Crippen LogP contribution < -0.4 is 5.32 Å². The summed E-state index contributed by atoms with van der Waals surface area (Å²) in [5.41, 5.74) is 4.00. The minimum absolute atomic E-state index is 0.0641. The molecule has 1 aliphatic rings. The fourth-order valence-corrected chi connectivity index (χ4v) is 3.41. The van der Waals surface area contributed by atoms with E-state index >= 15 is 0 Å². The standard InChI is InChI=1S/C20H24IN3O/c1-15-3-8-18(13-19(15)21)22-20(25)17-6-4-16(5-7-17)14-24-11-9-23(2)10-12-24/h3-8,13H,9-12,14H2,1-2H3,(H,22,25). The molecule has 0 aromatic heterocycles. The van der Waals surface area contributed by atoms with Crippen LogP contribution in [0.2, 0.25) is 0 Å². The van der Waals surface area contributed by atoms with E-state index in [1.165, 1.54) is 11.1 Å². The molecule has 0 saturated carbocycles. The molecule has 2 aromatic carbocycles. The van der Waals surface area contributed by atoms with Gasteiger partial charge in [-0.15, -0.1) is 0 Å². The van der Waals surface area contributed by atoms with Crippen molar-refractivity contribution in [2.24, 2.45) is 0 Å². The van der Waals surface area contributed by atoms with Crippen molar-refractivity contribution < 1.29 is 4.79 Å². The van der Waals surface area contributed by atoms with Gasteiger partial charge in [-0.25, -0.2) is 0 Å². The smallest absolute Gasteiger partial charge is 0.255 e. The molecule has 0 unspecified atom stereocenters. The summed E-state index contributed by atoms with van der Waals surface area (Å²) in [6, 6.07) is 13.9. The third kappa shape index (κ3) is 5.03. The highest BCUT2D eigenvalue weighted by Crippen LogP contribution is 2.18. The summed E-state index contributed by atoms with van der Waals surface area (Å²) in [6.07, 6.45) is 0. The van der Waals surface area contributed by atoms with Gasteiger partial charge in [0.25, 0.3) is 5.91 Å². The number of likely N-dealkylation sites (N-methyl/N-ethyl adjacent to an activating group) is 1. The minimum Gasteiger partial charge on any atom is -0.322 e. The highest BCUT2D eigenvalue weighted by molar-refractivity contribution is 14.1. The molecule has 132 valence electrons. The summed E-state index contributed by atoms with van der Waals surface area (Å²) in [7, 11) is 2.17. The van der Waals surface area contributed by atoms with E-state index in [-0.39, 0.29) is 5.91 Å². The molecule has 0 atom stereocenters. The third-order valence-electron chi connectivity index (χ3n) is 4.65. The number of rotatable bonds is 4. The van der Waals surface area contributed by atoms with Crippen molar-refractivity contribution in [2.75, 3.05) is 38.5 Å². The maximum absolute atomic E-state index is 12.4. The first-order valence-electron chi connectivity index (χ1n) is 8.58. The van der Waals surface area contributed by atoms with Gasteiger partial charge in [0.15, 0.2) is 0 Å². The van der Waals surface area contributed by atoms with Crippen LogP contribution in [0.25, 0.3) is 0 Å². The maximum atomic E-state index is 12.4. The number of hydrogen-bond donors (Lipinski definition) is 1. The lowest BCUT2D eigenvalue weighted by Crippen LogP contribution is -2.43. The number of piperazine rings is 1. The first-order chi connectivity index (χ1) is 12.0. The van der Waals surface area contributed by atoms with E-state index in [9.17, 15) is 4.79 Å². The zero-order valence-electron chi connectivity index (χ0n) is 14.8. The van der Waals surface area contributed by atoms with Crippen LogP contribution in [0, 0.1) is 10.5 Å². The van der Waals surface area contributed by atoms with E-state index in [1.54, 1.807) is 0 Å². The fraction of sp³-hybridized carbons (Fsp3) is 0.350. The third-order valence-corrected chi connectivity index (χ3v) is 5.81. The number of aryl methyl sites for hydroxylation is 1. The molecular formula is C20H24IN3O. The number of benzene rings is 2. The summed E-state index contributed by atoms with van der Waals surface area (Å²) in [4.78, 5) is 17.2. The van der Waals surface area contributed by atoms with Gasteiger partial charge in [0.05, 0.1) is 0 Å². The Morgan fingerprint density at radius 3 is 2.40 bits per heavy atom. The molecule has 0 radical (unpaired) electrons. The molecule has 0 spiro atoms. The number of nitrogens with zero attached hydrogens (tertiary/aromatic N) is 2. The monoisotopic (exact) mass is 449 g/mol. The number of hydrogen-bond acceptors (Lipinski definition) is 3. The second-order valence-electron chi connectivity index (χ2n) is 6.69. The van der Waals surface area contributed by atoms with Gasteiger partial charge in [-0.2, -0.15) is 0 Å². The Hall–Kier alpha value is -1.44. The van der Waals surface area contributed by atoms with Gasteiger partial charge in [-0.05, 0) is 72.0 Å². The molecule has 1 saturated heterocycles. The van der Waals surface area contributed by atoms with Crippen molar-refractivity contribution in [3.8, 4) is 0 Å². The molecule has 1 amide bonds. The lowest BCUT2D eigenvalue weighted by molar-refractivity contribution is 0.102. The number of amides is 1. The van der Waals surface area contributed by atoms with E-state index in [0.717, 1.165) is 42.0 Å². The van der Waals surface area contributed by atoms with Gasteiger partial charge in [0.2, 0.25) is 0 Å². The number of anilines is 1. The fourth-order valence-electron chi connectivity index (χ4n) is 2.90. The molecule has 5 heteroatoms. The Bertz CT molecular complexity index is 737. The van der Waals surface area contributed by atoms with Crippen LogP contribution in [0.3, 0.4) is 0 Å². The van der Waals surface area contributed by atoms with Crippen molar-refractivity contribution in [1.82, 2.24) is 9.80 Å². The van der Waals surface area contributed by atoms with Crippen LogP contribution in [-0.2, 0) is 6.54 Å². The van der Waals surface area contributed by atoms with Gasteiger partial charge in [0.1, 0.15) is 0 Å². The van der Waals surface area contributed by atoms with Gasteiger partial charge < -0.3 is 10.2 Å². The molecular weight excluding hydrogens is 425 g/mol. The van der Waals surface area contributed by atoms with Crippen molar-refractivity contribution >= 4 is 34.2 Å². The van der Waals surface area contributed by atoms with E-state index in [4.69, 9.17) is 0 Å². The maximum Gasteiger partial charge on any atom is 0.255 e. The second kappa shape index (κ2) is 8.29. The lowest BCUT2D eigenvalue weighted by Gasteiger charge is -2.32. The van der Waals surface area contributed by atoms with Crippen LogP contribution in [0.1, 0.15) is 21.5 Å². The summed E-state index contributed by atoms with van der Waals surface area (Å²) in [6.45, 7) is 7.46. The second-order valence-corrected chi connectivity index (χ2v) is 7.86. The average molecular weight is 449 g/mol. The zero-order valence-corrected chi connectivity index (χ0v) is 16.9. The van der Waals surface area contributed by atoms with Crippen LogP contribution in [0.4, 0.5) is 5.69 Å². The molecule has 1 fully saturated rings. The number of carbonyl (C=O) groups excluding carboxylic acids is 1. The van der Waals surface area contributed by atoms with Gasteiger partial charge in [-0.3, -0.25) is 9.69 Å². The summed E-state index contributed by atoms with van der Waals surface area (Å²) >= 11 is 2.28. The lowest BCUT2D eigenvalue weighted by atomic mass is 10.1.